The van der Waals surface area contributed by atoms with Crippen LogP contribution in [0.15, 0.2) is 209 Å². The molecule has 5 nitrogen and oxygen atoms in total. The quantitative estimate of drug-likeness (QED) is 0.169. The first kappa shape index (κ1) is 33.9. The van der Waals surface area contributed by atoms with Crippen molar-refractivity contribution in [2.75, 3.05) is 0 Å². The van der Waals surface area contributed by atoms with Gasteiger partial charge in [0.05, 0.1) is 11.1 Å². The van der Waals surface area contributed by atoms with E-state index in [9.17, 15) is 0 Å². The smallest absolute Gasteiger partial charge is 0.167 e. The Morgan fingerprint density at radius 1 is 0.233 bits per heavy atom. The number of hydrogen-bond donors (Lipinski definition) is 0. The molecule has 3 aromatic heterocycles. The Morgan fingerprint density at radius 2 is 0.633 bits per heavy atom. The molecule has 60 heavy (non-hydrogen) atoms. The molecule has 0 spiro atoms. The lowest BCUT2D eigenvalue weighted by molar-refractivity contribution is 0.670. The van der Waals surface area contributed by atoms with E-state index in [1.165, 1.54) is 11.1 Å². The van der Waals surface area contributed by atoms with Crippen LogP contribution in [0.5, 0.6) is 0 Å². The van der Waals surface area contributed by atoms with E-state index in [4.69, 9.17) is 23.8 Å². The van der Waals surface area contributed by atoms with Gasteiger partial charge in [-0.1, -0.05) is 182 Å². The van der Waals surface area contributed by atoms with Gasteiger partial charge in [0.1, 0.15) is 22.3 Å². The van der Waals surface area contributed by atoms with Crippen molar-refractivity contribution in [3.8, 4) is 67.5 Å². The first-order valence-electron chi connectivity index (χ1n) is 20.1. The number of furan rings is 2. The molecule has 0 N–H and O–H groups in total. The second-order valence-electron chi connectivity index (χ2n) is 15.1. The van der Waals surface area contributed by atoms with Gasteiger partial charge >= 0.3 is 0 Å². The van der Waals surface area contributed by atoms with Crippen molar-refractivity contribution in [1.29, 1.82) is 0 Å². The molecule has 0 amide bonds. The summed E-state index contributed by atoms with van der Waals surface area (Å²) < 4.78 is 13.7. The average molecular weight is 768 g/mol. The fourth-order valence-corrected chi connectivity index (χ4v) is 8.69. The van der Waals surface area contributed by atoms with Crippen molar-refractivity contribution < 1.29 is 8.83 Å². The van der Waals surface area contributed by atoms with Crippen LogP contribution in [0.1, 0.15) is 0 Å². The van der Waals surface area contributed by atoms with Gasteiger partial charge in [-0.15, -0.1) is 0 Å². The Labute approximate surface area is 344 Å². The van der Waals surface area contributed by atoms with E-state index >= 15 is 0 Å². The zero-order valence-corrected chi connectivity index (χ0v) is 32.2. The Kier molecular flexibility index (Phi) is 7.78. The molecule has 0 bridgehead atoms. The number of benzene rings is 9. The van der Waals surface area contributed by atoms with Crippen molar-refractivity contribution in [1.82, 2.24) is 15.0 Å². The summed E-state index contributed by atoms with van der Waals surface area (Å²) in [6, 6.07) is 69.2. The third-order valence-electron chi connectivity index (χ3n) is 11.6. The van der Waals surface area contributed by atoms with Gasteiger partial charge in [-0.2, -0.15) is 0 Å². The van der Waals surface area contributed by atoms with Crippen molar-refractivity contribution >= 4 is 54.6 Å². The summed E-state index contributed by atoms with van der Waals surface area (Å²) in [6.07, 6.45) is 0. The normalized spacial score (nSPS) is 11.7. The molecule has 280 valence electrons. The highest BCUT2D eigenvalue weighted by Crippen LogP contribution is 2.42. The Balaban J connectivity index is 1.06. The Bertz CT molecular complexity index is 3590. The van der Waals surface area contributed by atoms with Crippen LogP contribution in [0.25, 0.3) is 122 Å². The largest absolute Gasteiger partial charge is 0.455 e. The second kappa shape index (κ2) is 13.8. The number of fused-ring (bicyclic) bond motifs is 8. The molecular weight excluding hydrogens is 735 g/mol. The highest BCUT2D eigenvalue weighted by atomic mass is 16.3. The van der Waals surface area contributed by atoms with E-state index in [1.807, 2.05) is 30.3 Å². The predicted octanol–water partition coefficient (Wildman–Crippen LogP) is 14.8. The Hall–Kier alpha value is -8.15. The van der Waals surface area contributed by atoms with Gasteiger partial charge in [0.15, 0.2) is 17.5 Å². The molecule has 12 rings (SSSR count). The topological polar surface area (TPSA) is 65.0 Å². The first-order valence-corrected chi connectivity index (χ1v) is 20.1. The Morgan fingerprint density at radius 3 is 1.25 bits per heavy atom. The molecule has 0 atom stereocenters. The molecule has 12 aromatic rings. The van der Waals surface area contributed by atoms with Crippen LogP contribution in [-0.4, -0.2) is 15.0 Å². The van der Waals surface area contributed by atoms with Crippen molar-refractivity contribution in [3.05, 3.63) is 200 Å². The van der Waals surface area contributed by atoms with E-state index in [1.54, 1.807) is 0 Å². The molecule has 0 saturated carbocycles. The monoisotopic (exact) mass is 767 g/mol. The summed E-state index contributed by atoms with van der Waals surface area (Å²) in [5.41, 5.74) is 12.3. The van der Waals surface area contributed by atoms with Crippen LogP contribution in [-0.2, 0) is 0 Å². The molecule has 0 fully saturated rings. The van der Waals surface area contributed by atoms with Crippen molar-refractivity contribution in [2.45, 2.75) is 0 Å². The van der Waals surface area contributed by atoms with Crippen LogP contribution < -0.4 is 0 Å². The molecule has 3 heterocycles. The number of hydrogen-bond acceptors (Lipinski definition) is 5. The van der Waals surface area contributed by atoms with Crippen LogP contribution in [0.3, 0.4) is 0 Å². The third kappa shape index (κ3) is 5.52. The van der Waals surface area contributed by atoms with Gasteiger partial charge in [-0.05, 0) is 51.4 Å². The standard InChI is InChI=1S/C55H33N3O2/c1-3-14-34(15-4-1)39-19-9-10-20-40(39)37-28-30-38(31-29-37)53-56-54(47-26-12-24-44-43-23-11-22-42(49(43)59-51(44)47)35-16-5-2-6-17-35)58-55(57-53)48-27-13-25-45-46-33-32-36-18-7-8-21-41(36)50(46)60-52(45)48/h1-33H. The third-order valence-corrected chi connectivity index (χ3v) is 11.6. The highest BCUT2D eigenvalue weighted by molar-refractivity contribution is 6.17. The van der Waals surface area contributed by atoms with Gasteiger partial charge in [0, 0.05) is 38.1 Å². The number of nitrogens with zero attached hydrogens (tertiary/aromatic N) is 3. The summed E-state index contributed by atoms with van der Waals surface area (Å²) in [6.45, 7) is 0. The van der Waals surface area contributed by atoms with E-state index in [-0.39, 0.29) is 0 Å². The minimum absolute atomic E-state index is 0.512. The number of rotatable bonds is 6. The average Bonchev–Trinajstić information content (AvgIpc) is 3.91. The summed E-state index contributed by atoms with van der Waals surface area (Å²) >= 11 is 0. The van der Waals surface area contributed by atoms with E-state index < -0.39 is 0 Å². The van der Waals surface area contributed by atoms with E-state index in [0.717, 1.165) is 93.6 Å². The van der Waals surface area contributed by atoms with Crippen molar-refractivity contribution in [2.24, 2.45) is 0 Å². The predicted molar refractivity (Wildman–Crippen MR) is 245 cm³/mol. The van der Waals surface area contributed by atoms with Crippen molar-refractivity contribution in [3.63, 3.8) is 0 Å². The minimum Gasteiger partial charge on any atom is -0.455 e. The molecule has 9 aromatic carbocycles. The van der Waals surface area contributed by atoms with Gasteiger partial charge in [-0.25, -0.2) is 15.0 Å². The summed E-state index contributed by atoms with van der Waals surface area (Å²) in [5, 5.41) is 6.28. The number of para-hydroxylation sites is 3. The molecule has 0 aliphatic carbocycles. The van der Waals surface area contributed by atoms with Gasteiger partial charge < -0.3 is 8.83 Å². The maximum Gasteiger partial charge on any atom is 0.167 e. The SMILES string of the molecule is c1ccc(-c2ccccc2-c2ccc(-c3nc(-c4cccc5c4oc4c(-c6ccccc6)cccc45)nc(-c4cccc5c4oc4c6ccccc6ccc54)n3)cc2)cc1. The van der Waals surface area contributed by atoms with Crippen LogP contribution in [0.4, 0.5) is 0 Å². The van der Waals surface area contributed by atoms with Gasteiger partial charge in [0.25, 0.3) is 0 Å². The van der Waals surface area contributed by atoms with E-state index in [2.05, 4.69) is 170 Å². The maximum atomic E-state index is 6.86. The highest BCUT2D eigenvalue weighted by Gasteiger charge is 2.22. The molecule has 0 radical (unpaired) electrons. The molecular formula is C55H33N3O2. The molecule has 5 heteroatoms. The summed E-state index contributed by atoms with van der Waals surface area (Å²) in [5.74, 6) is 1.58. The van der Waals surface area contributed by atoms with Gasteiger partial charge in [0.2, 0.25) is 0 Å². The molecule has 0 aliphatic rings. The lowest BCUT2D eigenvalue weighted by Crippen LogP contribution is -2.00. The molecule has 0 saturated heterocycles. The van der Waals surface area contributed by atoms with Crippen LogP contribution in [0, 0.1) is 0 Å². The zero-order valence-electron chi connectivity index (χ0n) is 32.2. The van der Waals surface area contributed by atoms with Crippen LogP contribution in [0.2, 0.25) is 0 Å². The second-order valence-corrected chi connectivity index (χ2v) is 15.1. The lowest BCUT2D eigenvalue weighted by atomic mass is 9.94. The fraction of sp³-hybridized carbons (Fsp3) is 0. The molecule has 0 unspecified atom stereocenters. The zero-order chi connectivity index (χ0) is 39.6. The fourth-order valence-electron chi connectivity index (χ4n) is 8.69. The minimum atomic E-state index is 0.512. The molecule has 0 aliphatic heterocycles. The first-order chi connectivity index (χ1) is 29.7. The van der Waals surface area contributed by atoms with Crippen LogP contribution >= 0.6 is 0 Å². The number of aromatic nitrogens is 3. The maximum absolute atomic E-state index is 6.86. The van der Waals surface area contributed by atoms with E-state index in [0.29, 0.717) is 17.5 Å². The summed E-state index contributed by atoms with van der Waals surface area (Å²) in [4.78, 5) is 15.7. The summed E-state index contributed by atoms with van der Waals surface area (Å²) in [7, 11) is 0. The lowest BCUT2D eigenvalue weighted by Gasteiger charge is -2.12. The van der Waals surface area contributed by atoms with Gasteiger partial charge in [-0.3, -0.25) is 0 Å².